The molecule has 0 radical (unpaired) electrons. The van der Waals surface area contributed by atoms with E-state index >= 15 is 0 Å². The van der Waals surface area contributed by atoms with E-state index in [0.717, 1.165) is 32.1 Å². The lowest BCUT2D eigenvalue weighted by atomic mass is 10.1. The zero-order valence-corrected chi connectivity index (χ0v) is 12.8. The molecule has 0 aliphatic carbocycles. The number of hydrogen-bond acceptors (Lipinski definition) is 3. The van der Waals surface area contributed by atoms with Crippen molar-refractivity contribution in [2.45, 2.75) is 27.2 Å². The third-order valence-corrected chi connectivity index (χ3v) is 4.51. The van der Waals surface area contributed by atoms with Gasteiger partial charge in [-0.05, 0) is 25.4 Å². The molecule has 2 saturated heterocycles. The van der Waals surface area contributed by atoms with Crippen LogP contribution in [0, 0.1) is 11.8 Å². The van der Waals surface area contributed by atoms with Crippen LogP contribution in [-0.2, 0) is 4.79 Å². The molecule has 4 nitrogen and oxygen atoms in total. The third kappa shape index (κ3) is 3.93. The van der Waals surface area contributed by atoms with Gasteiger partial charge in [0.25, 0.3) is 0 Å². The first-order valence-electron chi connectivity index (χ1n) is 7.83. The standard InChI is InChI=1S/C15H29N3O/c1-4-16-6-5-14(11-16)12-17-7-9-18(10-8-17)15(19)13(2)3/h13-14H,4-12H2,1-3H3. The molecule has 0 aromatic rings. The Labute approximate surface area is 117 Å². The highest BCUT2D eigenvalue weighted by Crippen LogP contribution is 2.18. The average molecular weight is 267 g/mol. The summed E-state index contributed by atoms with van der Waals surface area (Å²) in [5.74, 6) is 1.30. The zero-order chi connectivity index (χ0) is 13.8. The van der Waals surface area contributed by atoms with E-state index in [4.69, 9.17) is 0 Å². The molecule has 0 N–H and O–H groups in total. The number of amides is 1. The molecular formula is C15H29N3O. The molecule has 19 heavy (non-hydrogen) atoms. The SMILES string of the molecule is CCN1CCC(CN2CCN(C(=O)C(C)C)CC2)C1. The minimum Gasteiger partial charge on any atom is -0.340 e. The van der Waals surface area contributed by atoms with Gasteiger partial charge in [0.05, 0.1) is 0 Å². The molecular weight excluding hydrogens is 238 g/mol. The van der Waals surface area contributed by atoms with Crippen molar-refractivity contribution in [3.05, 3.63) is 0 Å². The maximum absolute atomic E-state index is 11.9. The molecule has 0 aromatic heterocycles. The van der Waals surface area contributed by atoms with Crippen molar-refractivity contribution in [2.75, 3.05) is 52.4 Å². The minimum atomic E-state index is 0.138. The molecule has 2 rings (SSSR count). The van der Waals surface area contributed by atoms with E-state index in [2.05, 4.69) is 16.7 Å². The number of hydrogen-bond donors (Lipinski definition) is 0. The Hall–Kier alpha value is -0.610. The monoisotopic (exact) mass is 267 g/mol. The fourth-order valence-electron chi connectivity index (χ4n) is 3.23. The van der Waals surface area contributed by atoms with Crippen LogP contribution >= 0.6 is 0 Å². The van der Waals surface area contributed by atoms with Crippen LogP contribution in [0.5, 0.6) is 0 Å². The number of rotatable bonds is 4. The van der Waals surface area contributed by atoms with E-state index in [1.807, 2.05) is 18.7 Å². The number of carbonyl (C=O) groups is 1. The first-order chi connectivity index (χ1) is 9.10. The van der Waals surface area contributed by atoms with E-state index in [0.29, 0.717) is 5.91 Å². The molecule has 110 valence electrons. The first-order valence-corrected chi connectivity index (χ1v) is 7.83. The Morgan fingerprint density at radius 2 is 1.79 bits per heavy atom. The van der Waals surface area contributed by atoms with Crippen molar-refractivity contribution in [1.82, 2.24) is 14.7 Å². The molecule has 1 amide bonds. The highest BCUT2D eigenvalue weighted by atomic mass is 16.2. The van der Waals surface area contributed by atoms with Crippen LogP contribution in [0.2, 0.25) is 0 Å². The van der Waals surface area contributed by atoms with E-state index in [-0.39, 0.29) is 5.92 Å². The second-order valence-corrected chi connectivity index (χ2v) is 6.33. The summed E-state index contributed by atoms with van der Waals surface area (Å²) in [6.07, 6.45) is 1.35. The smallest absolute Gasteiger partial charge is 0.225 e. The van der Waals surface area contributed by atoms with Crippen molar-refractivity contribution < 1.29 is 4.79 Å². The maximum atomic E-state index is 11.9. The van der Waals surface area contributed by atoms with Gasteiger partial charge in [-0.3, -0.25) is 9.69 Å². The van der Waals surface area contributed by atoms with Gasteiger partial charge >= 0.3 is 0 Å². The Morgan fingerprint density at radius 1 is 1.11 bits per heavy atom. The first kappa shape index (κ1) is 14.8. The largest absolute Gasteiger partial charge is 0.340 e. The summed E-state index contributed by atoms with van der Waals surface area (Å²) in [5, 5.41) is 0. The normalized spacial score (nSPS) is 26.3. The number of carbonyl (C=O) groups excluding carboxylic acids is 1. The summed E-state index contributed by atoms with van der Waals surface area (Å²) in [6, 6.07) is 0. The van der Waals surface area contributed by atoms with Gasteiger partial charge in [0.2, 0.25) is 5.91 Å². The van der Waals surface area contributed by atoms with Crippen LogP contribution in [-0.4, -0.2) is 73.0 Å². The van der Waals surface area contributed by atoms with Gasteiger partial charge in [0.1, 0.15) is 0 Å². The summed E-state index contributed by atoms with van der Waals surface area (Å²) in [7, 11) is 0. The van der Waals surface area contributed by atoms with Gasteiger partial charge in [-0.1, -0.05) is 20.8 Å². The van der Waals surface area contributed by atoms with Gasteiger partial charge in [-0.2, -0.15) is 0 Å². The van der Waals surface area contributed by atoms with Crippen LogP contribution in [0.25, 0.3) is 0 Å². The van der Waals surface area contributed by atoms with E-state index < -0.39 is 0 Å². The van der Waals surface area contributed by atoms with Gasteiger partial charge in [0, 0.05) is 45.2 Å². The average Bonchev–Trinajstić information content (AvgIpc) is 2.86. The molecule has 2 aliphatic rings. The van der Waals surface area contributed by atoms with Crippen LogP contribution in [0.1, 0.15) is 27.2 Å². The van der Waals surface area contributed by atoms with Crippen molar-refractivity contribution in [3.8, 4) is 0 Å². The summed E-state index contributed by atoms with van der Waals surface area (Å²) in [4.78, 5) is 19.1. The fraction of sp³-hybridized carbons (Fsp3) is 0.933. The Morgan fingerprint density at radius 3 is 2.32 bits per heavy atom. The lowest BCUT2D eigenvalue weighted by molar-refractivity contribution is -0.136. The lowest BCUT2D eigenvalue weighted by Gasteiger charge is -2.36. The summed E-state index contributed by atoms with van der Waals surface area (Å²) < 4.78 is 0. The van der Waals surface area contributed by atoms with Crippen LogP contribution in [0.15, 0.2) is 0 Å². The number of piperazine rings is 1. The fourth-order valence-corrected chi connectivity index (χ4v) is 3.23. The van der Waals surface area contributed by atoms with Crippen molar-refractivity contribution >= 4 is 5.91 Å². The van der Waals surface area contributed by atoms with Gasteiger partial charge in [-0.15, -0.1) is 0 Å². The topological polar surface area (TPSA) is 26.8 Å². The molecule has 2 fully saturated rings. The molecule has 2 heterocycles. The summed E-state index contributed by atoms with van der Waals surface area (Å²) in [6.45, 7) is 15.1. The van der Waals surface area contributed by atoms with Crippen LogP contribution < -0.4 is 0 Å². The molecule has 1 unspecified atom stereocenters. The van der Waals surface area contributed by atoms with Crippen LogP contribution in [0.3, 0.4) is 0 Å². The van der Waals surface area contributed by atoms with Gasteiger partial charge in [0.15, 0.2) is 0 Å². The molecule has 4 heteroatoms. The second kappa shape index (κ2) is 6.71. The highest BCUT2D eigenvalue weighted by molar-refractivity contribution is 5.78. The quantitative estimate of drug-likeness (QED) is 0.764. The Bertz CT molecular complexity index is 298. The van der Waals surface area contributed by atoms with E-state index in [1.165, 1.54) is 32.6 Å². The molecule has 2 aliphatic heterocycles. The van der Waals surface area contributed by atoms with Crippen LogP contribution in [0.4, 0.5) is 0 Å². The lowest BCUT2D eigenvalue weighted by Crippen LogP contribution is -2.50. The summed E-state index contributed by atoms with van der Waals surface area (Å²) >= 11 is 0. The van der Waals surface area contributed by atoms with Gasteiger partial charge in [-0.25, -0.2) is 0 Å². The molecule has 0 bridgehead atoms. The second-order valence-electron chi connectivity index (χ2n) is 6.33. The molecule has 0 aromatic carbocycles. The molecule has 0 spiro atoms. The van der Waals surface area contributed by atoms with Gasteiger partial charge < -0.3 is 9.80 Å². The Kier molecular flexibility index (Phi) is 5.22. The highest BCUT2D eigenvalue weighted by Gasteiger charge is 2.27. The van der Waals surface area contributed by atoms with Crippen molar-refractivity contribution in [1.29, 1.82) is 0 Å². The Balaban J connectivity index is 1.70. The zero-order valence-electron chi connectivity index (χ0n) is 12.8. The maximum Gasteiger partial charge on any atom is 0.225 e. The predicted molar refractivity (Wildman–Crippen MR) is 78.1 cm³/mol. The van der Waals surface area contributed by atoms with Crippen molar-refractivity contribution in [2.24, 2.45) is 11.8 Å². The molecule has 0 saturated carbocycles. The minimum absolute atomic E-state index is 0.138. The number of likely N-dealkylation sites (tertiary alicyclic amines) is 1. The molecule has 1 atom stereocenters. The summed E-state index contributed by atoms with van der Waals surface area (Å²) in [5.41, 5.74) is 0. The van der Waals surface area contributed by atoms with Crippen molar-refractivity contribution in [3.63, 3.8) is 0 Å². The van der Waals surface area contributed by atoms with E-state index in [9.17, 15) is 4.79 Å². The van der Waals surface area contributed by atoms with E-state index in [1.54, 1.807) is 0 Å². The third-order valence-electron chi connectivity index (χ3n) is 4.51. The predicted octanol–water partition coefficient (Wildman–Crippen LogP) is 1.13. The number of nitrogens with zero attached hydrogens (tertiary/aromatic N) is 3.